The van der Waals surface area contributed by atoms with Crippen LogP contribution in [0.15, 0.2) is 170 Å². The van der Waals surface area contributed by atoms with Gasteiger partial charge in [0.25, 0.3) is 0 Å². The van der Waals surface area contributed by atoms with E-state index in [4.69, 9.17) is 0 Å². The molecule has 0 aliphatic carbocycles. The first-order valence-electron chi connectivity index (χ1n) is 19.4. The third-order valence-corrected chi connectivity index (χ3v) is 13.4. The quantitative estimate of drug-likeness (QED) is 0.123. The largest absolute Gasteiger partial charge is 0.416 e. The Hall–Kier alpha value is -7.02. The number of nitrogens with zero attached hydrogens (tertiary/aromatic N) is 4. The maximum absolute atomic E-state index is 13.7. The summed E-state index contributed by atoms with van der Waals surface area (Å²) >= 11 is 3.12. The number of anilines is 6. The van der Waals surface area contributed by atoms with E-state index in [0.29, 0.717) is 11.4 Å². The first kappa shape index (κ1) is 37.9. The van der Waals surface area contributed by atoms with E-state index in [0.717, 1.165) is 109 Å². The summed E-state index contributed by atoms with van der Waals surface area (Å²) in [6.07, 6.45) is -5.44. The molecule has 11 rings (SSSR count). The van der Waals surface area contributed by atoms with Crippen LogP contribution in [0.3, 0.4) is 0 Å². The molecular weight excluding hydrogens is 835 g/mol. The molecule has 0 bridgehead atoms. The van der Waals surface area contributed by atoms with Gasteiger partial charge in [0.1, 0.15) is 9.66 Å². The van der Waals surface area contributed by atoms with Crippen molar-refractivity contribution in [3.8, 4) is 0 Å². The predicted molar refractivity (Wildman–Crippen MR) is 242 cm³/mol. The second-order valence-corrected chi connectivity index (χ2v) is 17.0. The molecule has 4 aromatic heterocycles. The number of hydrogen-bond donors (Lipinski definition) is 0. The lowest BCUT2D eigenvalue weighted by Crippen LogP contribution is -2.11. The molecule has 4 heterocycles. The molecule has 0 N–H and O–H groups in total. The van der Waals surface area contributed by atoms with Gasteiger partial charge in [0, 0.05) is 77.5 Å². The molecule has 0 unspecified atom stereocenters. The maximum Gasteiger partial charge on any atom is 0.416 e. The molecular formula is C50H28F6N4S2. The topological polar surface area (TPSA) is 32.3 Å². The fraction of sp³-hybridized carbons (Fsp3) is 0.0400. The maximum atomic E-state index is 13.7. The van der Waals surface area contributed by atoms with Gasteiger partial charge in [-0.1, -0.05) is 36.4 Å². The highest BCUT2D eigenvalue weighted by Gasteiger charge is 2.31. The molecule has 12 heteroatoms. The Morgan fingerprint density at radius 3 is 1.10 bits per heavy atom. The number of aromatic nitrogens is 2. The van der Waals surface area contributed by atoms with Crippen LogP contribution < -0.4 is 9.80 Å². The molecule has 7 aromatic carbocycles. The van der Waals surface area contributed by atoms with E-state index in [1.165, 1.54) is 24.3 Å². The van der Waals surface area contributed by atoms with Crippen molar-refractivity contribution < 1.29 is 26.3 Å². The smallest absolute Gasteiger partial charge is 0.310 e. The van der Waals surface area contributed by atoms with Crippen molar-refractivity contribution in [1.82, 2.24) is 9.97 Å². The van der Waals surface area contributed by atoms with Crippen LogP contribution in [0.25, 0.3) is 62.2 Å². The summed E-state index contributed by atoms with van der Waals surface area (Å²) < 4.78 is 84.0. The number of halogens is 6. The van der Waals surface area contributed by atoms with Gasteiger partial charge in [-0.25, -0.2) is 9.97 Å². The summed E-state index contributed by atoms with van der Waals surface area (Å²) in [6.45, 7) is 0. The minimum absolute atomic E-state index is 0.565. The lowest BCUT2D eigenvalue weighted by molar-refractivity contribution is -0.138. The first-order valence-corrected chi connectivity index (χ1v) is 21.1. The van der Waals surface area contributed by atoms with Crippen LogP contribution in [0.2, 0.25) is 0 Å². The van der Waals surface area contributed by atoms with Crippen LogP contribution in [-0.4, -0.2) is 9.97 Å². The SMILES string of the molecule is FC(F)(F)c1ccc(N(c2ccc3c(ccc4cc(N(c5ccc(C(F)(F)F)cc5)c5ccc6c(c5)sc5ncccc56)ccc43)c2)c2ccc3c(c2)sc2ncccc23)cc1. The number of pyridine rings is 2. The van der Waals surface area contributed by atoms with Gasteiger partial charge < -0.3 is 9.80 Å². The number of alkyl halides is 6. The summed E-state index contributed by atoms with van der Waals surface area (Å²) in [7, 11) is 0. The first-order chi connectivity index (χ1) is 30.0. The van der Waals surface area contributed by atoms with Crippen molar-refractivity contribution in [2.75, 3.05) is 9.80 Å². The van der Waals surface area contributed by atoms with Gasteiger partial charge in [0.2, 0.25) is 0 Å². The van der Waals surface area contributed by atoms with Gasteiger partial charge in [-0.15, -0.1) is 22.7 Å². The monoisotopic (exact) mass is 862 g/mol. The van der Waals surface area contributed by atoms with Gasteiger partial charge in [0.05, 0.1) is 11.1 Å². The van der Waals surface area contributed by atoms with Crippen molar-refractivity contribution in [3.63, 3.8) is 0 Å². The van der Waals surface area contributed by atoms with E-state index in [9.17, 15) is 26.3 Å². The van der Waals surface area contributed by atoms with Crippen LogP contribution in [0.4, 0.5) is 60.5 Å². The van der Waals surface area contributed by atoms with Crippen molar-refractivity contribution in [2.24, 2.45) is 0 Å². The van der Waals surface area contributed by atoms with Gasteiger partial charge in [0.15, 0.2) is 0 Å². The molecule has 0 radical (unpaired) electrons. The minimum atomic E-state index is -4.48. The number of fused-ring (bicyclic) bond motifs is 9. The molecule has 0 amide bonds. The standard InChI is InChI=1S/C50H28F6N4S2/c51-49(52,53)31-7-11-33(12-8-31)59(37-17-21-41-43-3-1-23-57-47(43)61-45(41)27-37)35-15-19-39-29(25-35)5-6-30-26-36(16-20-40(30)39)60(34-13-9-32(10-14-34)50(54,55)56)38-18-22-42-44-4-2-24-58-48(44)62-46(42)28-38/h1-28H. The summed E-state index contributed by atoms with van der Waals surface area (Å²) in [5, 5.41) is 7.91. The van der Waals surface area contributed by atoms with E-state index in [2.05, 4.69) is 9.97 Å². The zero-order chi connectivity index (χ0) is 42.3. The molecule has 11 aromatic rings. The van der Waals surface area contributed by atoms with Crippen LogP contribution >= 0.6 is 22.7 Å². The summed E-state index contributed by atoms with van der Waals surface area (Å²) in [4.78, 5) is 14.8. The van der Waals surface area contributed by atoms with Crippen molar-refractivity contribution in [3.05, 3.63) is 181 Å². The molecule has 0 spiro atoms. The van der Waals surface area contributed by atoms with Crippen LogP contribution in [0, 0.1) is 0 Å². The number of benzene rings is 7. The van der Waals surface area contributed by atoms with Gasteiger partial charge in [-0.3, -0.25) is 0 Å². The van der Waals surface area contributed by atoms with Crippen molar-refractivity contribution in [2.45, 2.75) is 12.4 Å². The number of thiophene rings is 2. The Balaban J connectivity index is 1.02. The molecule has 302 valence electrons. The Bertz CT molecular complexity index is 3290. The molecule has 4 nitrogen and oxygen atoms in total. The number of rotatable bonds is 6. The van der Waals surface area contributed by atoms with E-state index in [-0.39, 0.29) is 0 Å². The van der Waals surface area contributed by atoms with Gasteiger partial charge in [-0.2, -0.15) is 26.3 Å². The summed E-state index contributed by atoms with van der Waals surface area (Å²) in [6, 6.07) is 46.3. The molecule has 0 saturated carbocycles. The predicted octanol–water partition coefficient (Wildman–Crippen LogP) is 16.5. The molecule has 0 aliphatic rings. The Labute approximate surface area is 357 Å². The Morgan fingerprint density at radius 1 is 0.355 bits per heavy atom. The van der Waals surface area contributed by atoms with Crippen LogP contribution in [0.1, 0.15) is 11.1 Å². The minimum Gasteiger partial charge on any atom is -0.310 e. The third kappa shape index (κ3) is 6.54. The van der Waals surface area contributed by atoms with Crippen LogP contribution in [-0.2, 0) is 12.4 Å². The van der Waals surface area contributed by atoms with E-state index >= 15 is 0 Å². The van der Waals surface area contributed by atoms with E-state index in [1.54, 1.807) is 35.1 Å². The van der Waals surface area contributed by atoms with Crippen LogP contribution in [0.5, 0.6) is 0 Å². The van der Waals surface area contributed by atoms with Gasteiger partial charge in [-0.05, 0) is 143 Å². The zero-order valence-corrected chi connectivity index (χ0v) is 33.7. The van der Waals surface area contributed by atoms with Crippen molar-refractivity contribution in [1.29, 1.82) is 0 Å². The highest BCUT2D eigenvalue weighted by molar-refractivity contribution is 7.25. The fourth-order valence-electron chi connectivity index (χ4n) is 8.29. The molecule has 0 atom stereocenters. The Morgan fingerprint density at radius 2 is 0.710 bits per heavy atom. The van der Waals surface area contributed by atoms with E-state index in [1.807, 2.05) is 119 Å². The highest BCUT2D eigenvalue weighted by Crippen LogP contribution is 2.45. The summed E-state index contributed by atoms with van der Waals surface area (Å²) in [5.41, 5.74) is 2.74. The molecule has 0 fully saturated rings. The normalized spacial score (nSPS) is 12.4. The second kappa shape index (κ2) is 14.3. The number of hydrogen-bond acceptors (Lipinski definition) is 6. The molecule has 0 aliphatic heterocycles. The lowest BCUT2D eigenvalue weighted by atomic mass is 9.99. The molecule has 0 saturated heterocycles. The summed E-state index contributed by atoms with van der Waals surface area (Å²) in [5.74, 6) is 0. The van der Waals surface area contributed by atoms with E-state index < -0.39 is 23.5 Å². The molecule has 62 heavy (non-hydrogen) atoms. The zero-order valence-electron chi connectivity index (χ0n) is 32.0. The average Bonchev–Trinajstić information content (AvgIpc) is 3.84. The highest BCUT2D eigenvalue weighted by atomic mass is 32.1. The Kier molecular flexibility index (Phi) is 8.74. The fourth-order valence-corrected chi connectivity index (χ4v) is 10.4. The average molecular weight is 863 g/mol. The lowest BCUT2D eigenvalue weighted by Gasteiger charge is -2.27. The van der Waals surface area contributed by atoms with Crippen molar-refractivity contribution >= 4 is 119 Å². The van der Waals surface area contributed by atoms with Gasteiger partial charge >= 0.3 is 12.4 Å². The third-order valence-electron chi connectivity index (χ3n) is 11.2. The second-order valence-electron chi connectivity index (χ2n) is 14.9.